The zero-order chi connectivity index (χ0) is 14.8. The number of anilines is 1. The summed E-state index contributed by atoms with van der Waals surface area (Å²) in [5.41, 5.74) is 1.81. The van der Waals surface area contributed by atoms with Crippen molar-refractivity contribution in [3.63, 3.8) is 0 Å². The van der Waals surface area contributed by atoms with Crippen molar-refractivity contribution in [2.24, 2.45) is 0 Å². The van der Waals surface area contributed by atoms with E-state index in [2.05, 4.69) is 10.3 Å². The smallest absolute Gasteiger partial charge is 0.128 e. The molecule has 0 aliphatic carbocycles. The van der Waals surface area contributed by atoms with E-state index in [0.29, 0.717) is 5.02 Å². The summed E-state index contributed by atoms with van der Waals surface area (Å²) in [5.74, 6) is -0.898. The molecule has 0 radical (unpaired) electrons. The van der Waals surface area contributed by atoms with E-state index in [-0.39, 0.29) is 12.1 Å². The van der Waals surface area contributed by atoms with Crippen molar-refractivity contribution in [1.82, 2.24) is 4.98 Å². The number of nitrogens with zero attached hydrogens (tertiary/aromatic N) is 1. The Labute approximate surface area is 125 Å². The molecule has 0 unspecified atom stereocenters. The van der Waals surface area contributed by atoms with Crippen LogP contribution in [0.2, 0.25) is 5.02 Å². The molecule has 1 aromatic heterocycles. The van der Waals surface area contributed by atoms with E-state index < -0.39 is 11.6 Å². The van der Waals surface area contributed by atoms with E-state index in [4.69, 9.17) is 11.6 Å². The Hall–Kier alpha value is -2.20. The molecule has 0 saturated heterocycles. The van der Waals surface area contributed by atoms with Crippen molar-refractivity contribution < 1.29 is 8.78 Å². The molecule has 0 atom stereocenters. The molecule has 3 aromatic rings. The second-order valence-electron chi connectivity index (χ2n) is 4.61. The molecular weight excluding hydrogens is 294 g/mol. The van der Waals surface area contributed by atoms with Crippen LogP contribution in [-0.2, 0) is 6.54 Å². The number of halogens is 3. The molecule has 2 nitrogen and oxygen atoms in total. The molecule has 1 N–H and O–H groups in total. The van der Waals surface area contributed by atoms with Gasteiger partial charge in [0.2, 0.25) is 0 Å². The molecule has 2 aromatic carbocycles. The average molecular weight is 305 g/mol. The van der Waals surface area contributed by atoms with Crippen molar-refractivity contribution in [3.05, 3.63) is 70.9 Å². The number of rotatable bonds is 3. The summed E-state index contributed by atoms with van der Waals surface area (Å²) < 4.78 is 26.8. The fourth-order valence-electron chi connectivity index (χ4n) is 2.14. The van der Waals surface area contributed by atoms with Crippen LogP contribution in [-0.4, -0.2) is 4.98 Å². The molecule has 0 bridgehead atoms. The van der Waals surface area contributed by atoms with Gasteiger partial charge in [-0.2, -0.15) is 0 Å². The lowest BCUT2D eigenvalue weighted by Crippen LogP contribution is -2.03. The lowest BCUT2D eigenvalue weighted by molar-refractivity contribution is 0.587. The van der Waals surface area contributed by atoms with E-state index >= 15 is 0 Å². The summed E-state index contributed by atoms with van der Waals surface area (Å²) in [6.07, 6.45) is 1.64. The summed E-state index contributed by atoms with van der Waals surface area (Å²) in [6.45, 7) is 0.186. The van der Waals surface area contributed by atoms with Crippen LogP contribution in [0.5, 0.6) is 0 Å². The summed E-state index contributed by atoms with van der Waals surface area (Å²) in [7, 11) is 0. The van der Waals surface area contributed by atoms with Gasteiger partial charge in [-0.25, -0.2) is 8.78 Å². The average Bonchev–Trinajstić information content (AvgIpc) is 2.47. The first-order chi connectivity index (χ1) is 10.1. The first-order valence-electron chi connectivity index (χ1n) is 6.35. The number of aromatic nitrogens is 1. The highest BCUT2D eigenvalue weighted by molar-refractivity contribution is 6.31. The third kappa shape index (κ3) is 2.95. The monoisotopic (exact) mass is 304 g/mol. The third-order valence-electron chi connectivity index (χ3n) is 3.18. The van der Waals surface area contributed by atoms with Gasteiger partial charge in [0.25, 0.3) is 0 Å². The van der Waals surface area contributed by atoms with Gasteiger partial charge in [-0.05, 0) is 42.5 Å². The van der Waals surface area contributed by atoms with Crippen LogP contribution in [0, 0.1) is 11.6 Å². The van der Waals surface area contributed by atoms with Gasteiger partial charge in [0.1, 0.15) is 11.6 Å². The number of benzene rings is 2. The van der Waals surface area contributed by atoms with E-state index in [1.807, 2.05) is 6.07 Å². The van der Waals surface area contributed by atoms with E-state index in [9.17, 15) is 8.78 Å². The predicted octanol–water partition coefficient (Wildman–Crippen LogP) is 4.78. The lowest BCUT2D eigenvalue weighted by Gasteiger charge is -2.10. The van der Waals surface area contributed by atoms with Crippen LogP contribution in [0.4, 0.5) is 14.5 Å². The Morgan fingerprint density at radius 1 is 1.05 bits per heavy atom. The number of hydrogen-bond acceptors (Lipinski definition) is 2. The van der Waals surface area contributed by atoms with Crippen LogP contribution in [0.15, 0.2) is 48.7 Å². The van der Waals surface area contributed by atoms with Gasteiger partial charge in [0.05, 0.1) is 5.52 Å². The standard InChI is InChI=1S/C16H11ClF2N2/c17-11-1-3-13-15(5-6-20-16(13)8-11)21-9-10-7-12(18)2-4-14(10)19/h1-8H,9H2,(H,20,21). The highest BCUT2D eigenvalue weighted by Crippen LogP contribution is 2.25. The molecule has 0 saturated carbocycles. The molecule has 0 spiro atoms. The van der Waals surface area contributed by atoms with Gasteiger partial charge in [-0.3, -0.25) is 4.98 Å². The summed E-state index contributed by atoms with van der Waals surface area (Å²) in [5, 5.41) is 4.58. The van der Waals surface area contributed by atoms with Crippen molar-refractivity contribution in [3.8, 4) is 0 Å². The fraction of sp³-hybridized carbons (Fsp3) is 0.0625. The van der Waals surface area contributed by atoms with Crippen molar-refractivity contribution in [2.45, 2.75) is 6.54 Å². The Bertz CT molecular complexity index is 805. The quantitative estimate of drug-likeness (QED) is 0.753. The highest BCUT2D eigenvalue weighted by atomic mass is 35.5. The van der Waals surface area contributed by atoms with Crippen molar-refractivity contribution in [2.75, 3.05) is 5.32 Å². The zero-order valence-electron chi connectivity index (χ0n) is 10.9. The second kappa shape index (κ2) is 5.66. The van der Waals surface area contributed by atoms with Gasteiger partial charge >= 0.3 is 0 Å². The van der Waals surface area contributed by atoms with Crippen LogP contribution in [0.25, 0.3) is 10.9 Å². The molecular formula is C16H11ClF2N2. The highest BCUT2D eigenvalue weighted by Gasteiger charge is 2.06. The number of nitrogens with one attached hydrogen (secondary N) is 1. The predicted molar refractivity (Wildman–Crippen MR) is 80.4 cm³/mol. The van der Waals surface area contributed by atoms with Crippen LogP contribution in [0.1, 0.15) is 5.56 Å². The maximum Gasteiger partial charge on any atom is 0.128 e. The molecule has 21 heavy (non-hydrogen) atoms. The lowest BCUT2D eigenvalue weighted by atomic mass is 10.1. The minimum atomic E-state index is -0.459. The van der Waals surface area contributed by atoms with Crippen LogP contribution in [0.3, 0.4) is 0 Å². The molecule has 3 rings (SSSR count). The summed E-state index contributed by atoms with van der Waals surface area (Å²) in [6, 6.07) is 10.6. The number of fused-ring (bicyclic) bond motifs is 1. The minimum Gasteiger partial charge on any atom is -0.380 e. The normalized spacial score (nSPS) is 10.8. The second-order valence-corrected chi connectivity index (χ2v) is 5.05. The first-order valence-corrected chi connectivity index (χ1v) is 6.73. The SMILES string of the molecule is Fc1ccc(F)c(CNc2ccnc3cc(Cl)ccc23)c1. The number of pyridine rings is 1. The molecule has 0 fully saturated rings. The summed E-state index contributed by atoms with van der Waals surface area (Å²) in [4.78, 5) is 4.23. The fourth-order valence-corrected chi connectivity index (χ4v) is 2.31. The Balaban J connectivity index is 1.90. The van der Waals surface area contributed by atoms with E-state index in [1.165, 1.54) is 6.07 Å². The molecule has 1 heterocycles. The van der Waals surface area contributed by atoms with Gasteiger partial charge in [0, 0.05) is 34.4 Å². The summed E-state index contributed by atoms with van der Waals surface area (Å²) >= 11 is 5.93. The van der Waals surface area contributed by atoms with Gasteiger partial charge in [-0.1, -0.05) is 11.6 Å². The maximum absolute atomic E-state index is 13.6. The molecule has 106 valence electrons. The topological polar surface area (TPSA) is 24.9 Å². The van der Waals surface area contributed by atoms with Crippen molar-refractivity contribution >= 4 is 28.2 Å². The van der Waals surface area contributed by atoms with Gasteiger partial charge < -0.3 is 5.32 Å². The molecule has 0 amide bonds. The number of hydrogen-bond donors (Lipinski definition) is 1. The third-order valence-corrected chi connectivity index (χ3v) is 3.42. The Kier molecular flexibility index (Phi) is 3.71. The van der Waals surface area contributed by atoms with Crippen molar-refractivity contribution in [1.29, 1.82) is 0 Å². The maximum atomic E-state index is 13.6. The van der Waals surface area contributed by atoms with Crippen LogP contribution >= 0.6 is 11.6 Å². The molecule has 5 heteroatoms. The largest absolute Gasteiger partial charge is 0.380 e. The van der Waals surface area contributed by atoms with Gasteiger partial charge in [-0.15, -0.1) is 0 Å². The van der Waals surface area contributed by atoms with E-state index in [0.717, 1.165) is 28.7 Å². The van der Waals surface area contributed by atoms with E-state index in [1.54, 1.807) is 24.4 Å². The molecule has 0 aliphatic heterocycles. The zero-order valence-corrected chi connectivity index (χ0v) is 11.7. The Morgan fingerprint density at radius 3 is 2.76 bits per heavy atom. The van der Waals surface area contributed by atoms with Gasteiger partial charge in [0.15, 0.2) is 0 Å². The Morgan fingerprint density at radius 2 is 1.90 bits per heavy atom. The molecule has 0 aliphatic rings. The minimum absolute atomic E-state index is 0.186. The first kappa shape index (κ1) is 13.8. The van der Waals surface area contributed by atoms with Crippen LogP contribution < -0.4 is 5.32 Å².